The highest BCUT2D eigenvalue weighted by molar-refractivity contribution is 7.99. The number of nitrogens with one attached hydrogen (secondary N) is 2. The van der Waals surface area contributed by atoms with E-state index in [1.807, 2.05) is 43.0 Å². The number of benzene rings is 1. The molecule has 1 fully saturated rings. The third-order valence-electron chi connectivity index (χ3n) is 4.32. The number of hydrogen-bond donors (Lipinski definition) is 2. The van der Waals surface area contributed by atoms with Gasteiger partial charge in [0.1, 0.15) is 5.75 Å². The van der Waals surface area contributed by atoms with E-state index in [2.05, 4.69) is 10.6 Å². The number of hydrogen-bond acceptors (Lipinski definition) is 5. The third kappa shape index (κ3) is 7.60. The van der Waals surface area contributed by atoms with Gasteiger partial charge >= 0.3 is 0 Å². The lowest BCUT2D eigenvalue weighted by molar-refractivity contribution is -0.130. The molecule has 2 N–H and O–H groups in total. The summed E-state index contributed by atoms with van der Waals surface area (Å²) in [5.74, 6) is 2.65. The van der Waals surface area contributed by atoms with Crippen LogP contribution in [-0.2, 0) is 9.59 Å². The van der Waals surface area contributed by atoms with Gasteiger partial charge in [-0.05, 0) is 12.5 Å². The summed E-state index contributed by atoms with van der Waals surface area (Å²) in [6, 6.07) is 7.67. The Bertz CT molecular complexity index is 610. The summed E-state index contributed by atoms with van der Waals surface area (Å²) >= 11 is 1.88. The Hall–Kier alpha value is -1.44. The number of amides is 2. The molecule has 0 saturated carbocycles. The first kappa shape index (κ1) is 23.6. The lowest BCUT2D eigenvalue weighted by atomic mass is 10.0. The lowest BCUT2D eigenvalue weighted by Gasteiger charge is -2.25. The van der Waals surface area contributed by atoms with Crippen molar-refractivity contribution >= 4 is 36.0 Å². The second-order valence-electron chi connectivity index (χ2n) is 6.57. The molecular formula is C19H30ClN3O3S. The summed E-state index contributed by atoms with van der Waals surface area (Å²) in [5.41, 5.74) is 0.904. The molecule has 0 bridgehead atoms. The van der Waals surface area contributed by atoms with Gasteiger partial charge in [-0.15, -0.1) is 12.4 Å². The van der Waals surface area contributed by atoms with Crippen molar-refractivity contribution < 1.29 is 14.3 Å². The van der Waals surface area contributed by atoms with Crippen molar-refractivity contribution in [1.82, 2.24) is 15.5 Å². The minimum Gasteiger partial charge on any atom is -0.483 e. The van der Waals surface area contributed by atoms with E-state index in [1.54, 1.807) is 14.1 Å². The summed E-state index contributed by atoms with van der Waals surface area (Å²) < 4.78 is 5.72. The van der Waals surface area contributed by atoms with Gasteiger partial charge in [-0.2, -0.15) is 11.8 Å². The number of halogens is 1. The van der Waals surface area contributed by atoms with E-state index in [4.69, 9.17) is 4.74 Å². The Balaban J connectivity index is 0.00000364. The molecule has 1 saturated heterocycles. The molecule has 0 radical (unpaired) electrons. The average Bonchev–Trinajstić information content (AvgIpc) is 2.65. The summed E-state index contributed by atoms with van der Waals surface area (Å²) in [4.78, 5) is 25.7. The zero-order chi connectivity index (χ0) is 18.9. The highest BCUT2D eigenvalue weighted by Gasteiger charge is 2.21. The zero-order valence-electron chi connectivity index (χ0n) is 16.2. The highest BCUT2D eigenvalue weighted by atomic mass is 35.5. The Morgan fingerprint density at radius 1 is 1.37 bits per heavy atom. The van der Waals surface area contributed by atoms with E-state index in [1.165, 1.54) is 4.90 Å². The number of para-hydroxylation sites is 1. The van der Waals surface area contributed by atoms with E-state index < -0.39 is 0 Å². The van der Waals surface area contributed by atoms with Crippen LogP contribution in [0.4, 0.5) is 0 Å². The number of ether oxygens (including phenoxy) is 1. The largest absolute Gasteiger partial charge is 0.483 e. The van der Waals surface area contributed by atoms with Crippen molar-refractivity contribution in [2.75, 3.05) is 38.8 Å². The van der Waals surface area contributed by atoms with Crippen LogP contribution in [0.2, 0.25) is 0 Å². The Morgan fingerprint density at radius 3 is 2.74 bits per heavy atom. The van der Waals surface area contributed by atoms with Gasteiger partial charge in [0, 0.05) is 50.2 Å². The monoisotopic (exact) mass is 415 g/mol. The Kier molecular flexibility index (Phi) is 10.6. The number of likely N-dealkylation sites (N-methyl/N-ethyl adjacent to an activating group) is 1. The molecule has 1 aliphatic rings. The maximum Gasteiger partial charge on any atom is 0.259 e. The second-order valence-corrected chi connectivity index (χ2v) is 7.72. The van der Waals surface area contributed by atoms with Crippen LogP contribution in [0, 0.1) is 0 Å². The van der Waals surface area contributed by atoms with Crippen molar-refractivity contribution in [3.05, 3.63) is 29.8 Å². The molecule has 6 nitrogen and oxygen atoms in total. The van der Waals surface area contributed by atoms with Crippen LogP contribution in [0.3, 0.4) is 0 Å². The first-order chi connectivity index (χ1) is 12.5. The minimum absolute atomic E-state index is 0. The summed E-state index contributed by atoms with van der Waals surface area (Å²) in [7, 11) is 3.40. The third-order valence-corrected chi connectivity index (χ3v) is 5.45. The zero-order valence-corrected chi connectivity index (χ0v) is 17.8. The molecule has 1 aromatic carbocycles. The highest BCUT2D eigenvalue weighted by Crippen LogP contribution is 2.27. The van der Waals surface area contributed by atoms with Crippen LogP contribution >= 0.6 is 24.2 Å². The van der Waals surface area contributed by atoms with Crippen LogP contribution in [-0.4, -0.2) is 61.5 Å². The topological polar surface area (TPSA) is 70.7 Å². The fraction of sp³-hybridized carbons (Fsp3) is 0.579. The molecule has 0 aromatic heterocycles. The van der Waals surface area contributed by atoms with Crippen molar-refractivity contribution in [2.45, 2.75) is 31.8 Å². The standard InChI is InChI=1S/C19H29N3O3S.ClH/c1-4-16(21-18(23)11-14-13-26-10-9-20-14)15-7-5-6-8-17(15)25-12-19(24)22(2)3;/h5-8,14,16,20H,4,9-13H2,1-3H3,(H,21,23);1H. The first-order valence-electron chi connectivity index (χ1n) is 9.03. The van der Waals surface area contributed by atoms with Crippen LogP contribution in [0.1, 0.15) is 31.4 Å². The number of thioether (sulfide) groups is 1. The molecule has 2 amide bonds. The first-order valence-corrected chi connectivity index (χ1v) is 10.2. The predicted octanol–water partition coefficient (Wildman–Crippen LogP) is 2.24. The molecule has 0 aliphatic carbocycles. The van der Waals surface area contributed by atoms with Crippen molar-refractivity contribution in [2.24, 2.45) is 0 Å². The Morgan fingerprint density at radius 2 is 2.11 bits per heavy atom. The quantitative estimate of drug-likeness (QED) is 0.681. The number of carbonyl (C=O) groups is 2. The Labute approximate surface area is 172 Å². The molecule has 8 heteroatoms. The van der Waals surface area contributed by atoms with Gasteiger partial charge in [0.05, 0.1) is 6.04 Å². The molecule has 1 aromatic rings. The number of rotatable bonds is 8. The van der Waals surface area contributed by atoms with Gasteiger partial charge < -0.3 is 20.3 Å². The normalized spacial score (nSPS) is 17.4. The fourth-order valence-corrected chi connectivity index (χ4v) is 3.75. The van der Waals surface area contributed by atoms with Crippen molar-refractivity contribution in [1.29, 1.82) is 0 Å². The number of nitrogens with zero attached hydrogens (tertiary/aromatic N) is 1. The second kappa shape index (κ2) is 12.1. The van der Waals surface area contributed by atoms with E-state index in [9.17, 15) is 9.59 Å². The minimum atomic E-state index is -0.135. The molecule has 0 spiro atoms. The molecule has 2 atom stereocenters. The molecule has 2 unspecified atom stereocenters. The van der Waals surface area contributed by atoms with Gasteiger partial charge in [0.2, 0.25) is 5.91 Å². The van der Waals surface area contributed by atoms with Gasteiger partial charge in [0.15, 0.2) is 6.61 Å². The lowest BCUT2D eigenvalue weighted by Crippen LogP contribution is -2.42. The van der Waals surface area contributed by atoms with Gasteiger partial charge in [-0.3, -0.25) is 9.59 Å². The molecule has 1 heterocycles. The summed E-state index contributed by atoms with van der Waals surface area (Å²) in [6.45, 7) is 2.97. The van der Waals surface area contributed by atoms with E-state index in [0.717, 1.165) is 30.0 Å². The fourth-order valence-electron chi connectivity index (χ4n) is 2.80. The smallest absolute Gasteiger partial charge is 0.259 e. The molecule has 2 rings (SSSR count). The van der Waals surface area contributed by atoms with Crippen LogP contribution in [0.15, 0.2) is 24.3 Å². The maximum atomic E-state index is 12.5. The van der Waals surface area contributed by atoms with Crippen LogP contribution in [0.5, 0.6) is 5.75 Å². The molecular weight excluding hydrogens is 386 g/mol. The van der Waals surface area contributed by atoms with Gasteiger partial charge in [0.25, 0.3) is 5.91 Å². The van der Waals surface area contributed by atoms with E-state index in [-0.39, 0.29) is 42.9 Å². The average molecular weight is 416 g/mol. The van der Waals surface area contributed by atoms with Crippen LogP contribution < -0.4 is 15.4 Å². The maximum absolute atomic E-state index is 12.5. The molecule has 1 aliphatic heterocycles. The molecule has 152 valence electrons. The predicted molar refractivity (Wildman–Crippen MR) is 113 cm³/mol. The van der Waals surface area contributed by atoms with Gasteiger partial charge in [-0.25, -0.2) is 0 Å². The van der Waals surface area contributed by atoms with E-state index >= 15 is 0 Å². The van der Waals surface area contributed by atoms with Crippen molar-refractivity contribution in [3.8, 4) is 5.75 Å². The molecule has 27 heavy (non-hydrogen) atoms. The van der Waals surface area contributed by atoms with E-state index in [0.29, 0.717) is 12.2 Å². The SMILES string of the molecule is CCC(NC(=O)CC1CSCCN1)c1ccccc1OCC(=O)N(C)C.Cl. The van der Waals surface area contributed by atoms with Crippen LogP contribution in [0.25, 0.3) is 0 Å². The number of carbonyl (C=O) groups excluding carboxylic acids is 2. The van der Waals surface area contributed by atoms with Crippen molar-refractivity contribution in [3.63, 3.8) is 0 Å². The summed E-state index contributed by atoms with van der Waals surface area (Å²) in [5, 5.41) is 6.50. The van der Waals surface area contributed by atoms with Gasteiger partial charge in [-0.1, -0.05) is 25.1 Å². The summed E-state index contributed by atoms with van der Waals surface area (Å²) in [6.07, 6.45) is 1.23.